The Balaban J connectivity index is 2.53. The fourth-order valence-electron chi connectivity index (χ4n) is 2.37. The first-order valence-corrected chi connectivity index (χ1v) is 7.75. The second kappa shape index (κ2) is 6.26. The standard InChI is InChI=1S/C16H19FN2OS/c1-4-19(5-2)16(20)13-10(3)14(21-15(13)18)11-8-6-7-9-12(11)17/h6-9H,4-5,18H2,1-3H3. The molecule has 0 atom stereocenters. The lowest BCUT2D eigenvalue weighted by Gasteiger charge is -2.19. The molecule has 3 nitrogen and oxygen atoms in total. The van der Waals surface area contributed by atoms with Crippen LogP contribution in [0.15, 0.2) is 24.3 Å². The maximum absolute atomic E-state index is 14.0. The Morgan fingerprint density at radius 3 is 2.48 bits per heavy atom. The summed E-state index contributed by atoms with van der Waals surface area (Å²) < 4.78 is 14.0. The number of carbonyl (C=O) groups excluding carboxylic acids is 1. The fraction of sp³-hybridized carbons (Fsp3) is 0.312. The van der Waals surface area contributed by atoms with Crippen LogP contribution >= 0.6 is 11.3 Å². The predicted molar refractivity (Wildman–Crippen MR) is 86.1 cm³/mol. The van der Waals surface area contributed by atoms with E-state index in [0.29, 0.717) is 29.2 Å². The Morgan fingerprint density at radius 1 is 1.29 bits per heavy atom. The zero-order valence-corrected chi connectivity index (χ0v) is 13.3. The molecule has 21 heavy (non-hydrogen) atoms. The Morgan fingerprint density at radius 2 is 1.90 bits per heavy atom. The predicted octanol–water partition coefficient (Wildman–Crippen LogP) is 3.93. The van der Waals surface area contributed by atoms with Gasteiger partial charge in [0, 0.05) is 23.5 Å². The smallest absolute Gasteiger partial charge is 0.257 e. The maximum Gasteiger partial charge on any atom is 0.257 e. The third kappa shape index (κ3) is 2.78. The molecule has 0 saturated carbocycles. The van der Waals surface area contributed by atoms with Crippen molar-refractivity contribution in [2.45, 2.75) is 20.8 Å². The van der Waals surface area contributed by atoms with E-state index in [9.17, 15) is 9.18 Å². The molecule has 0 bridgehead atoms. The molecule has 1 aromatic heterocycles. The van der Waals surface area contributed by atoms with Crippen molar-refractivity contribution in [3.05, 3.63) is 41.2 Å². The number of benzene rings is 1. The Kier molecular flexibility index (Phi) is 4.63. The van der Waals surface area contributed by atoms with Crippen LogP contribution in [0.4, 0.5) is 9.39 Å². The van der Waals surface area contributed by atoms with Gasteiger partial charge in [-0.15, -0.1) is 11.3 Å². The molecule has 1 heterocycles. The second-order valence-corrected chi connectivity index (χ2v) is 5.80. The summed E-state index contributed by atoms with van der Waals surface area (Å²) in [5.41, 5.74) is 7.77. The molecule has 2 aromatic rings. The minimum absolute atomic E-state index is 0.0890. The maximum atomic E-state index is 14.0. The highest BCUT2D eigenvalue weighted by Gasteiger charge is 2.24. The number of anilines is 1. The third-order valence-electron chi connectivity index (χ3n) is 3.56. The monoisotopic (exact) mass is 306 g/mol. The average molecular weight is 306 g/mol. The normalized spacial score (nSPS) is 10.7. The van der Waals surface area contributed by atoms with Crippen molar-refractivity contribution in [3.63, 3.8) is 0 Å². The number of hydrogen-bond acceptors (Lipinski definition) is 3. The van der Waals surface area contributed by atoms with Crippen molar-refractivity contribution >= 4 is 22.2 Å². The topological polar surface area (TPSA) is 46.3 Å². The zero-order chi connectivity index (χ0) is 15.6. The third-order valence-corrected chi connectivity index (χ3v) is 4.71. The molecule has 1 aromatic carbocycles. The molecule has 0 fully saturated rings. The molecule has 0 aliphatic heterocycles. The van der Waals surface area contributed by atoms with Crippen LogP contribution in [0.25, 0.3) is 10.4 Å². The van der Waals surface area contributed by atoms with Gasteiger partial charge in [0.25, 0.3) is 5.91 Å². The lowest BCUT2D eigenvalue weighted by atomic mass is 10.1. The van der Waals surface area contributed by atoms with E-state index in [0.717, 1.165) is 10.4 Å². The molecule has 0 unspecified atom stereocenters. The average Bonchev–Trinajstić information content (AvgIpc) is 2.75. The molecule has 2 rings (SSSR count). The summed E-state index contributed by atoms with van der Waals surface area (Å²) in [5.74, 6) is -0.391. The molecule has 112 valence electrons. The Bertz CT molecular complexity index is 662. The van der Waals surface area contributed by atoms with Gasteiger partial charge in [-0.25, -0.2) is 4.39 Å². The van der Waals surface area contributed by atoms with E-state index in [1.165, 1.54) is 17.4 Å². The number of nitrogen functional groups attached to an aromatic ring is 1. The van der Waals surface area contributed by atoms with E-state index in [-0.39, 0.29) is 11.7 Å². The minimum Gasteiger partial charge on any atom is -0.390 e. The summed E-state index contributed by atoms with van der Waals surface area (Å²) in [7, 11) is 0. The highest BCUT2D eigenvalue weighted by molar-refractivity contribution is 7.19. The summed E-state index contributed by atoms with van der Waals surface area (Å²) in [4.78, 5) is 15.0. The van der Waals surface area contributed by atoms with Gasteiger partial charge >= 0.3 is 0 Å². The molecule has 0 saturated heterocycles. The summed E-state index contributed by atoms with van der Waals surface area (Å²) in [6, 6.07) is 6.54. The lowest BCUT2D eigenvalue weighted by Crippen LogP contribution is -2.31. The highest BCUT2D eigenvalue weighted by Crippen LogP contribution is 2.39. The number of halogens is 1. The first-order chi connectivity index (χ1) is 10.0. The van der Waals surface area contributed by atoms with Crippen molar-refractivity contribution in [2.24, 2.45) is 0 Å². The number of rotatable bonds is 4. The van der Waals surface area contributed by atoms with E-state index in [4.69, 9.17) is 5.73 Å². The van der Waals surface area contributed by atoms with E-state index in [2.05, 4.69) is 0 Å². The van der Waals surface area contributed by atoms with Gasteiger partial charge in [0.2, 0.25) is 0 Å². The number of nitrogens with two attached hydrogens (primary N) is 1. The SMILES string of the molecule is CCN(CC)C(=O)c1c(N)sc(-c2ccccc2F)c1C. The van der Waals surface area contributed by atoms with Crippen LogP contribution in [0, 0.1) is 12.7 Å². The van der Waals surface area contributed by atoms with Crippen molar-refractivity contribution in [1.29, 1.82) is 0 Å². The van der Waals surface area contributed by atoms with Gasteiger partial charge in [0.1, 0.15) is 5.82 Å². The van der Waals surface area contributed by atoms with Crippen LogP contribution in [0.3, 0.4) is 0 Å². The van der Waals surface area contributed by atoms with Gasteiger partial charge in [-0.1, -0.05) is 18.2 Å². The number of thiophene rings is 1. The largest absolute Gasteiger partial charge is 0.390 e. The van der Waals surface area contributed by atoms with Crippen molar-refractivity contribution in [3.8, 4) is 10.4 Å². The highest BCUT2D eigenvalue weighted by atomic mass is 32.1. The molecule has 0 aliphatic rings. The Hall–Kier alpha value is -1.88. The van der Waals surface area contributed by atoms with Gasteiger partial charge < -0.3 is 10.6 Å². The van der Waals surface area contributed by atoms with Gasteiger partial charge in [-0.3, -0.25) is 4.79 Å². The summed E-state index contributed by atoms with van der Waals surface area (Å²) in [6.07, 6.45) is 0. The number of amides is 1. The molecule has 2 N–H and O–H groups in total. The van der Waals surface area contributed by atoms with Crippen molar-refractivity contribution in [1.82, 2.24) is 4.90 Å². The van der Waals surface area contributed by atoms with Crippen molar-refractivity contribution < 1.29 is 9.18 Å². The van der Waals surface area contributed by atoms with Crippen LogP contribution in [0.2, 0.25) is 0 Å². The summed E-state index contributed by atoms with van der Waals surface area (Å²) in [5, 5.41) is 0.447. The molecule has 1 amide bonds. The molecular formula is C16H19FN2OS. The van der Waals surface area contributed by atoms with Crippen LogP contribution in [0.5, 0.6) is 0 Å². The van der Waals surface area contributed by atoms with Gasteiger partial charge in [0.15, 0.2) is 0 Å². The van der Waals surface area contributed by atoms with E-state index < -0.39 is 0 Å². The molecule has 5 heteroatoms. The molecular weight excluding hydrogens is 287 g/mol. The van der Waals surface area contributed by atoms with Crippen LogP contribution in [0.1, 0.15) is 29.8 Å². The first kappa shape index (κ1) is 15.5. The Labute approximate surface area is 128 Å². The number of carbonyl (C=O) groups is 1. The minimum atomic E-state index is -0.302. The van der Waals surface area contributed by atoms with E-state index in [1.807, 2.05) is 20.8 Å². The fourth-order valence-corrected chi connectivity index (χ4v) is 3.47. The van der Waals surface area contributed by atoms with Crippen LogP contribution in [-0.4, -0.2) is 23.9 Å². The van der Waals surface area contributed by atoms with Gasteiger partial charge in [0.05, 0.1) is 10.6 Å². The number of nitrogens with zero attached hydrogens (tertiary/aromatic N) is 1. The second-order valence-electron chi connectivity index (χ2n) is 4.75. The van der Waals surface area contributed by atoms with Crippen LogP contribution < -0.4 is 5.73 Å². The van der Waals surface area contributed by atoms with Gasteiger partial charge in [-0.05, 0) is 32.4 Å². The number of hydrogen-bond donors (Lipinski definition) is 1. The molecule has 0 spiro atoms. The quantitative estimate of drug-likeness (QED) is 0.930. The lowest BCUT2D eigenvalue weighted by molar-refractivity contribution is 0.0774. The van der Waals surface area contributed by atoms with Gasteiger partial charge in [-0.2, -0.15) is 0 Å². The summed E-state index contributed by atoms with van der Waals surface area (Å²) in [6.45, 7) is 6.93. The van der Waals surface area contributed by atoms with Crippen molar-refractivity contribution in [2.75, 3.05) is 18.8 Å². The molecule has 0 aliphatic carbocycles. The van der Waals surface area contributed by atoms with E-state index in [1.54, 1.807) is 23.1 Å². The zero-order valence-electron chi connectivity index (χ0n) is 12.4. The van der Waals surface area contributed by atoms with E-state index >= 15 is 0 Å². The molecule has 0 radical (unpaired) electrons. The first-order valence-electron chi connectivity index (χ1n) is 6.94. The summed E-state index contributed by atoms with van der Waals surface area (Å²) >= 11 is 1.27. The van der Waals surface area contributed by atoms with Crippen LogP contribution in [-0.2, 0) is 0 Å².